The average Bonchev–Trinajstić information content (AvgIpc) is 2.77. The zero-order valence-electron chi connectivity index (χ0n) is 17.8. The number of aliphatic hydroxyl groups excluding tert-OH is 1. The number of anilines is 1. The quantitative estimate of drug-likeness (QED) is 0.183. The third-order valence-electron chi connectivity index (χ3n) is 4.90. The van der Waals surface area contributed by atoms with E-state index < -0.39 is 21.8 Å². The molecule has 2 aromatic carbocycles. The average molecular weight is 548 g/mol. The molecular formula is C22H25Cl3N4O4S. The number of benzene rings is 2. The highest BCUT2D eigenvalue weighted by Crippen LogP contribution is 2.24. The molecule has 0 spiro atoms. The topological polar surface area (TPSA) is 148 Å². The van der Waals surface area contributed by atoms with Crippen molar-refractivity contribution in [2.75, 3.05) is 18.8 Å². The first kappa shape index (κ1) is 29.6. The van der Waals surface area contributed by atoms with Crippen molar-refractivity contribution in [3.63, 3.8) is 0 Å². The molecule has 0 bridgehead atoms. The van der Waals surface area contributed by atoms with Crippen LogP contribution >= 0.6 is 36.4 Å². The number of carbonyl (C=O) groups excluding carboxylic acids is 1. The zero-order chi connectivity index (χ0) is 23.3. The van der Waals surface area contributed by atoms with Crippen molar-refractivity contribution in [1.82, 2.24) is 10.3 Å². The first-order valence-electron chi connectivity index (χ1n) is 9.72. The van der Waals surface area contributed by atoms with Crippen LogP contribution in [-0.4, -0.2) is 37.5 Å². The Kier molecular flexibility index (Phi) is 11.2. The summed E-state index contributed by atoms with van der Waals surface area (Å²) in [5.41, 5.74) is 12.6. The van der Waals surface area contributed by atoms with Gasteiger partial charge < -0.3 is 21.9 Å². The highest BCUT2D eigenvalue weighted by atomic mass is 35.5. The number of rotatable bonds is 9. The number of aromatic nitrogens is 1. The van der Waals surface area contributed by atoms with E-state index in [1.807, 2.05) is 0 Å². The lowest BCUT2D eigenvalue weighted by Gasteiger charge is -2.12. The predicted octanol–water partition coefficient (Wildman–Crippen LogP) is 2.96. The van der Waals surface area contributed by atoms with Gasteiger partial charge in [-0.15, -0.1) is 24.8 Å². The van der Waals surface area contributed by atoms with Gasteiger partial charge in [0.05, 0.1) is 21.5 Å². The van der Waals surface area contributed by atoms with Gasteiger partial charge in [0.2, 0.25) is 9.84 Å². The Balaban J connectivity index is 0.00000289. The number of hydrogen-bond donors (Lipinski definition) is 4. The normalized spacial score (nSPS) is 11.7. The number of nitrogens with one attached hydrogen (secondary N) is 1. The van der Waals surface area contributed by atoms with E-state index in [0.29, 0.717) is 30.2 Å². The van der Waals surface area contributed by atoms with Crippen LogP contribution < -0.4 is 16.8 Å². The highest BCUT2D eigenvalue weighted by molar-refractivity contribution is 7.91. The smallest absolute Gasteiger partial charge is 0.250 e. The molecule has 0 aliphatic rings. The standard InChI is InChI=1S/C22H23ClN4O4S.2ClH/c23-21-8-3-15(12-27-21)20(28)13-26-10-9-14-1-4-16(5-2-14)32(30,31)17-6-7-19(24)18(11-17)22(25)29;;/h1-8,11-12,20,26,28H,9-10,13,24H2,(H2,25,29);2*1H/t20-;;/m0../s1. The van der Waals surface area contributed by atoms with E-state index >= 15 is 0 Å². The minimum Gasteiger partial charge on any atom is -0.398 e. The van der Waals surface area contributed by atoms with Crippen molar-refractivity contribution < 1.29 is 18.3 Å². The second kappa shape index (κ2) is 12.9. The van der Waals surface area contributed by atoms with Gasteiger partial charge in [-0.05, 0) is 54.9 Å². The highest BCUT2D eigenvalue weighted by Gasteiger charge is 2.20. The van der Waals surface area contributed by atoms with Crippen LogP contribution in [0, 0.1) is 0 Å². The molecule has 34 heavy (non-hydrogen) atoms. The molecule has 3 aromatic rings. The van der Waals surface area contributed by atoms with Crippen LogP contribution in [0.15, 0.2) is 70.6 Å². The maximum atomic E-state index is 12.9. The van der Waals surface area contributed by atoms with E-state index in [2.05, 4.69) is 10.3 Å². The number of halogens is 3. The molecule has 1 atom stereocenters. The fourth-order valence-electron chi connectivity index (χ4n) is 3.06. The Hall–Kier alpha value is -2.40. The van der Waals surface area contributed by atoms with Gasteiger partial charge in [-0.1, -0.05) is 29.8 Å². The molecule has 0 aliphatic carbocycles. The van der Waals surface area contributed by atoms with E-state index in [1.54, 1.807) is 24.3 Å². The molecule has 0 aliphatic heterocycles. The maximum absolute atomic E-state index is 12.9. The molecular weight excluding hydrogens is 523 g/mol. The number of hydrogen-bond acceptors (Lipinski definition) is 7. The summed E-state index contributed by atoms with van der Waals surface area (Å²) in [4.78, 5) is 15.4. The molecule has 12 heteroatoms. The Labute approximate surface area is 215 Å². The monoisotopic (exact) mass is 546 g/mol. The Morgan fingerprint density at radius 1 is 1.06 bits per heavy atom. The predicted molar refractivity (Wildman–Crippen MR) is 137 cm³/mol. The van der Waals surface area contributed by atoms with Gasteiger partial charge in [-0.2, -0.15) is 0 Å². The number of nitrogens with zero attached hydrogens (tertiary/aromatic N) is 1. The Bertz CT molecular complexity index is 1210. The minimum absolute atomic E-state index is 0. The first-order valence-corrected chi connectivity index (χ1v) is 11.6. The van der Waals surface area contributed by atoms with E-state index in [0.717, 1.165) is 5.56 Å². The number of carbonyl (C=O) groups is 1. The number of sulfone groups is 1. The number of nitrogens with two attached hydrogens (primary N) is 2. The first-order chi connectivity index (χ1) is 15.2. The molecule has 6 N–H and O–H groups in total. The molecule has 0 saturated heterocycles. The van der Waals surface area contributed by atoms with Crippen molar-refractivity contribution in [2.45, 2.75) is 22.3 Å². The Morgan fingerprint density at radius 2 is 1.71 bits per heavy atom. The maximum Gasteiger partial charge on any atom is 0.250 e. The van der Waals surface area contributed by atoms with Crippen LogP contribution in [0.4, 0.5) is 5.69 Å². The fraction of sp³-hybridized carbons (Fsp3) is 0.182. The summed E-state index contributed by atoms with van der Waals surface area (Å²) < 4.78 is 25.8. The summed E-state index contributed by atoms with van der Waals surface area (Å²) in [6.45, 7) is 0.930. The molecule has 3 rings (SSSR count). The van der Waals surface area contributed by atoms with Crippen LogP contribution in [0.1, 0.15) is 27.6 Å². The van der Waals surface area contributed by atoms with Gasteiger partial charge in [0, 0.05) is 24.0 Å². The summed E-state index contributed by atoms with van der Waals surface area (Å²) in [5, 5.41) is 13.7. The van der Waals surface area contributed by atoms with Crippen LogP contribution in [0.2, 0.25) is 5.15 Å². The lowest BCUT2D eigenvalue weighted by Crippen LogP contribution is -2.23. The van der Waals surface area contributed by atoms with Gasteiger partial charge >= 0.3 is 0 Å². The number of amides is 1. The third-order valence-corrected chi connectivity index (χ3v) is 6.89. The second-order valence-electron chi connectivity index (χ2n) is 7.14. The van der Waals surface area contributed by atoms with Crippen molar-refractivity contribution >= 4 is 57.8 Å². The third kappa shape index (κ3) is 7.30. The van der Waals surface area contributed by atoms with Crippen molar-refractivity contribution in [3.8, 4) is 0 Å². The largest absolute Gasteiger partial charge is 0.398 e. The lowest BCUT2D eigenvalue weighted by atomic mass is 10.1. The molecule has 0 fully saturated rings. The molecule has 1 heterocycles. The molecule has 0 saturated carbocycles. The summed E-state index contributed by atoms with van der Waals surface area (Å²) in [7, 11) is -3.83. The van der Waals surface area contributed by atoms with Crippen LogP contribution in [0.3, 0.4) is 0 Å². The summed E-state index contributed by atoms with van der Waals surface area (Å²) in [5.74, 6) is -0.792. The van der Waals surface area contributed by atoms with Crippen LogP contribution in [0.5, 0.6) is 0 Å². The van der Waals surface area contributed by atoms with Gasteiger partial charge in [0.25, 0.3) is 5.91 Å². The number of pyridine rings is 1. The number of primary amides is 1. The second-order valence-corrected chi connectivity index (χ2v) is 9.48. The van der Waals surface area contributed by atoms with Crippen molar-refractivity contribution in [3.05, 3.63) is 82.6 Å². The minimum atomic E-state index is -3.83. The molecule has 0 radical (unpaired) electrons. The number of nitrogen functional groups attached to an aromatic ring is 1. The zero-order valence-corrected chi connectivity index (χ0v) is 21.1. The Morgan fingerprint density at radius 3 is 2.29 bits per heavy atom. The fourth-order valence-corrected chi connectivity index (χ4v) is 4.46. The van der Waals surface area contributed by atoms with Gasteiger partial charge in [-0.3, -0.25) is 4.79 Å². The van der Waals surface area contributed by atoms with Gasteiger partial charge in [0.1, 0.15) is 5.15 Å². The molecule has 0 unspecified atom stereocenters. The van der Waals surface area contributed by atoms with E-state index in [-0.39, 0.29) is 45.9 Å². The van der Waals surface area contributed by atoms with Crippen molar-refractivity contribution in [2.24, 2.45) is 5.73 Å². The van der Waals surface area contributed by atoms with E-state index in [9.17, 15) is 18.3 Å². The molecule has 8 nitrogen and oxygen atoms in total. The van der Waals surface area contributed by atoms with Crippen molar-refractivity contribution in [1.29, 1.82) is 0 Å². The van der Waals surface area contributed by atoms with E-state index in [1.165, 1.54) is 36.5 Å². The SMILES string of the molecule is Cl.Cl.NC(=O)c1cc(S(=O)(=O)c2ccc(CCNC[C@H](O)c3ccc(Cl)nc3)cc2)ccc1N. The summed E-state index contributed by atoms with van der Waals surface area (Å²) in [6.07, 6.45) is 1.46. The van der Waals surface area contributed by atoms with Gasteiger partial charge in [-0.25, -0.2) is 13.4 Å². The lowest BCUT2D eigenvalue weighted by molar-refractivity contribution is 0.100. The van der Waals surface area contributed by atoms with Crippen LogP contribution in [-0.2, 0) is 16.3 Å². The molecule has 184 valence electrons. The van der Waals surface area contributed by atoms with E-state index in [4.69, 9.17) is 23.1 Å². The van der Waals surface area contributed by atoms with Gasteiger partial charge in [0.15, 0.2) is 0 Å². The van der Waals surface area contributed by atoms with Crippen LogP contribution in [0.25, 0.3) is 0 Å². The molecule has 1 aromatic heterocycles. The molecule has 1 amide bonds. The summed E-state index contributed by atoms with van der Waals surface area (Å²) in [6, 6.07) is 13.7. The summed E-state index contributed by atoms with van der Waals surface area (Å²) >= 11 is 5.74. The number of aliphatic hydroxyl groups is 1.